The highest BCUT2D eigenvalue weighted by Gasteiger charge is 2.41. The van der Waals surface area contributed by atoms with E-state index in [9.17, 15) is 9.59 Å². The van der Waals surface area contributed by atoms with Crippen LogP contribution < -0.4 is 19.5 Å². The Bertz CT molecular complexity index is 899. The molecular weight excluding hydrogens is 374 g/mol. The van der Waals surface area contributed by atoms with Crippen LogP contribution in [0.5, 0.6) is 17.2 Å². The first-order chi connectivity index (χ1) is 14.0. The van der Waals surface area contributed by atoms with Gasteiger partial charge in [-0.1, -0.05) is 6.07 Å². The van der Waals surface area contributed by atoms with Gasteiger partial charge in [0.2, 0.25) is 5.75 Å². The van der Waals surface area contributed by atoms with Gasteiger partial charge in [-0.25, -0.2) is 4.79 Å². The van der Waals surface area contributed by atoms with Crippen molar-refractivity contribution in [2.24, 2.45) is 0 Å². The average Bonchev–Trinajstić information content (AvgIpc) is 2.71. The van der Waals surface area contributed by atoms with Crippen molar-refractivity contribution in [3.8, 4) is 17.2 Å². The molecular formula is C22H27NO6. The maximum Gasteiger partial charge on any atom is 0.336 e. The lowest BCUT2D eigenvalue weighted by Gasteiger charge is -2.34. The minimum atomic E-state index is -0.604. The van der Waals surface area contributed by atoms with Crippen LogP contribution in [0.15, 0.2) is 34.7 Å². The molecule has 0 fully saturated rings. The van der Waals surface area contributed by atoms with E-state index in [0.29, 0.717) is 46.1 Å². The molecule has 1 aliphatic heterocycles. The molecule has 1 N–H and O–H groups in total. The summed E-state index contributed by atoms with van der Waals surface area (Å²) in [6, 6.07) is 3.57. The number of ketones is 1. The molecule has 1 aromatic rings. The van der Waals surface area contributed by atoms with Gasteiger partial charge in [0.1, 0.15) is 0 Å². The van der Waals surface area contributed by atoms with Crippen LogP contribution in [0.4, 0.5) is 0 Å². The van der Waals surface area contributed by atoms with Crippen LogP contribution in [-0.4, -0.2) is 39.7 Å². The molecule has 29 heavy (non-hydrogen) atoms. The summed E-state index contributed by atoms with van der Waals surface area (Å²) in [5.41, 5.74) is 3.20. The molecule has 3 rings (SSSR count). The van der Waals surface area contributed by atoms with Gasteiger partial charge in [-0.3, -0.25) is 4.79 Å². The largest absolute Gasteiger partial charge is 0.493 e. The third-order valence-electron chi connectivity index (χ3n) is 5.32. The second-order valence-corrected chi connectivity index (χ2v) is 6.91. The molecule has 7 heteroatoms. The van der Waals surface area contributed by atoms with E-state index in [4.69, 9.17) is 18.9 Å². The number of benzene rings is 1. The zero-order chi connectivity index (χ0) is 21.1. The summed E-state index contributed by atoms with van der Waals surface area (Å²) in [7, 11) is 4.59. The van der Waals surface area contributed by atoms with Crippen LogP contribution in [0, 0.1) is 0 Å². The molecule has 1 atom stereocenters. The molecule has 0 spiro atoms. The van der Waals surface area contributed by atoms with Crippen molar-refractivity contribution in [2.45, 2.75) is 39.0 Å². The van der Waals surface area contributed by atoms with Crippen molar-refractivity contribution in [3.05, 3.63) is 40.2 Å². The fourth-order valence-electron chi connectivity index (χ4n) is 4.13. The van der Waals surface area contributed by atoms with Gasteiger partial charge >= 0.3 is 5.97 Å². The summed E-state index contributed by atoms with van der Waals surface area (Å²) in [4.78, 5) is 25.9. The van der Waals surface area contributed by atoms with Crippen molar-refractivity contribution in [3.63, 3.8) is 0 Å². The first-order valence-corrected chi connectivity index (χ1v) is 9.68. The van der Waals surface area contributed by atoms with Crippen molar-refractivity contribution in [1.29, 1.82) is 0 Å². The standard InChI is InChI=1S/C22H27NO6/c1-6-29-22(25)17-12(2)23-14-8-7-9-15(24)19(14)18(17)13-10-11-16(26-3)21(28-5)20(13)27-4/h10-11,18,23H,6-9H2,1-5H3/t18-/m1/s1. The van der Waals surface area contributed by atoms with Crippen LogP contribution in [0.1, 0.15) is 44.6 Å². The van der Waals surface area contributed by atoms with Crippen LogP contribution >= 0.6 is 0 Å². The van der Waals surface area contributed by atoms with Crippen LogP contribution in [0.3, 0.4) is 0 Å². The molecule has 0 radical (unpaired) electrons. The maximum atomic E-state index is 13.0. The minimum Gasteiger partial charge on any atom is -0.493 e. The maximum absolute atomic E-state index is 13.0. The number of hydrogen-bond acceptors (Lipinski definition) is 7. The number of carbonyl (C=O) groups is 2. The molecule has 1 aromatic carbocycles. The van der Waals surface area contributed by atoms with E-state index in [-0.39, 0.29) is 12.4 Å². The summed E-state index contributed by atoms with van der Waals surface area (Å²) < 4.78 is 21.9. The molecule has 156 valence electrons. The van der Waals surface area contributed by atoms with E-state index in [1.807, 2.05) is 13.0 Å². The number of dihydropyridines is 1. The smallest absolute Gasteiger partial charge is 0.336 e. The highest BCUT2D eigenvalue weighted by Crippen LogP contribution is 2.49. The first kappa shape index (κ1) is 20.8. The Labute approximate surface area is 170 Å². The topological polar surface area (TPSA) is 83.1 Å². The number of methoxy groups -OCH3 is 3. The van der Waals surface area contributed by atoms with Crippen molar-refractivity contribution in [2.75, 3.05) is 27.9 Å². The number of rotatable bonds is 6. The molecule has 0 unspecified atom stereocenters. The lowest BCUT2D eigenvalue weighted by atomic mass is 9.75. The van der Waals surface area contributed by atoms with Gasteiger partial charge < -0.3 is 24.3 Å². The highest BCUT2D eigenvalue weighted by molar-refractivity contribution is 6.04. The van der Waals surface area contributed by atoms with Gasteiger partial charge in [-0.15, -0.1) is 0 Å². The third kappa shape index (κ3) is 3.57. The van der Waals surface area contributed by atoms with E-state index in [2.05, 4.69) is 5.32 Å². The highest BCUT2D eigenvalue weighted by atomic mass is 16.5. The van der Waals surface area contributed by atoms with Gasteiger partial charge in [0.15, 0.2) is 17.3 Å². The van der Waals surface area contributed by atoms with E-state index < -0.39 is 11.9 Å². The Kier molecular flexibility index (Phi) is 6.15. The van der Waals surface area contributed by atoms with Gasteiger partial charge in [0.05, 0.1) is 39.4 Å². The van der Waals surface area contributed by atoms with Crippen LogP contribution in [-0.2, 0) is 14.3 Å². The Morgan fingerprint density at radius 2 is 1.83 bits per heavy atom. The summed E-state index contributed by atoms with van der Waals surface area (Å²) in [6.45, 7) is 3.83. The summed E-state index contributed by atoms with van der Waals surface area (Å²) in [5.74, 6) is 0.312. The lowest BCUT2D eigenvalue weighted by molar-refractivity contribution is -0.138. The Morgan fingerprint density at radius 3 is 2.45 bits per heavy atom. The molecule has 1 heterocycles. The molecule has 0 aromatic heterocycles. The number of ether oxygens (including phenoxy) is 4. The zero-order valence-corrected chi connectivity index (χ0v) is 17.5. The molecule has 2 aliphatic rings. The SMILES string of the molecule is CCOC(=O)C1=C(C)NC2=C(C(=O)CCC2)[C@@H]1c1ccc(OC)c(OC)c1OC. The van der Waals surface area contributed by atoms with E-state index >= 15 is 0 Å². The van der Waals surface area contributed by atoms with E-state index in [1.54, 1.807) is 20.1 Å². The van der Waals surface area contributed by atoms with Crippen LogP contribution in [0.25, 0.3) is 0 Å². The second-order valence-electron chi connectivity index (χ2n) is 6.91. The predicted octanol–water partition coefficient (Wildman–Crippen LogP) is 3.24. The molecule has 0 bridgehead atoms. The average molecular weight is 401 g/mol. The van der Waals surface area contributed by atoms with Gasteiger partial charge in [-0.2, -0.15) is 0 Å². The minimum absolute atomic E-state index is 0.0230. The summed E-state index contributed by atoms with van der Waals surface area (Å²) >= 11 is 0. The van der Waals surface area contributed by atoms with Gasteiger partial charge in [-0.05, 0) is 32.8 Å². The first-order valence-electron chi connectivity index (χ1n) is 9.68. The van der Waals surface area contributed by atoms with Gasteiger partial charge in [0.25, 0.3) is 0 Å². The van der Waals surface area contributed by atoms with Crippen molar-refractivity contribution in [1.82, 2.24) is 5.32 Å². The Balaban J connectivity index is 2.28. The normalized spacial score (nSPS) is 18.8. The fourth-order valence-corrected chi connectivity index (χ4v) is 4.13. The van der Waals surface area contributed by atoms with Gasteiger partial charge in [0, 0.05) is 29.0 Å². The fraction of sp³-hybridized carbons (Fsp3) is 0.455. The van der Waals surface area contributed by atoms with Crippen molar-refractivity contribution >= 4 is 11.8 Å². The molecule has 0 saturated heterocycles. The number of allylic oxidation sites excluding steroid dienone is 3. The Morgan fingerprint density at radius 1 is 1.10 bits per heavy atom. The quantitative estimate of drug-likeness (QED) is 0.733. The van der Waals surface area contributed by atoms with E-state index in [1.165, 1.54) is 14.2 Å². The number of Topliss-reactive ketones (excluding diaryl/α,β-unsaturated/α-hetero) is 1. The molecule has 1 aliphatic carbocycles. The van der Waals surface area contributed by atoms with Crippen molar-refractivity contribution < 1.29 is 28.5 Å². The third-order valence-corrected chi connectivity index (χ3v) is 5.32. The number of carbonyl (C=O) groups excluding carboxylic acids is 2. The summed E-state index contributed by atoms with van der Waals surface area (Å²) in [6.07, 6.45) is 1.98. The lowest BCUT2D eigenvalue weighted by Crippen LogP contribution is -2.34. The van der Waals surface area contributed by atoms with E-state index in [0.717, 1.165) is 18.5 Å². The van der Waals surface area contributed by atoms with Crippen LogP contribution in [0.2, 0.25) is 0 Å². The monoisotopic (exact) mass is 401 g/mol. The molecule has 0 saturated carbocycles. The second kappa shape index (κ2) is 8.59. The predicted molar refractivity (Wildman–Crippen MR) is 107 cm³/mol. The Hall–Kier alpha value is -2.96. The number of nitrogens with one attached hydrogen (secondary N) is 1. The summed E-state index contributed by atoms with van der Waals surface area (Å²) in [5, 5.41) is 3.27. The molecule has 7 nitrogen and oxygen atoms in total. The zero-order valence-electron chi connectivity index (χ0n) is 17.5. The number of esters is 1. The molecule has 0 amide bonds. The number of hydrogen-bond donors (Lipinski definition) is 1.